The van der Waals surface area contributed by atoms with Gasteiger partial charge in [0.2, 0.25) is 11.7 Å². The van der Waals surface area contributed by atoms with Crippen LogP contribution in [-0.2, 0) is 4.79 Å². The molecule has 1 amide bonds. The van der Waals surface area contributed by atoms with Crippen LogP contribution < -0.4 is 10.6 Å². The second-order valence-corrected chi connectivity index (χ2v) is 8.61. The Bertz CT molecular complexity index is 926. The highest BCUT2D eigenvalue weighted by Gasteiger charge is 2.60. The molecule has 3 rings (SSSR count). The average molecular weight is 435 g/mol. The van der Waals surface area contributed by atoms with Gasteiger partial charge in [-0.25, -0.2) is 4.39 Å². The number of halogens is 3. The molecule has 0 aliphatic heterocycles. The molecule has 0 bridgehead atoms. The van der Waals surface area contributed by atoms with E-state index < -0.39 is 12.0 Å². The standard InChI is InChI=1S/C22H21Cl2FN2O2/c1-22(2)16(12-17(23)24)18(22)21(29)27-20(19(28)13-6-4-3-5-7-13)26-15-10-8-14(25)9-11-15/h3-12,16,18,20,26H,1-2H3,(H,27,29)/t16-,18+,20-/m1/s1. The molecule has 0 saturated heterocycles. The summed E-state index contributed by atoms with van der Waals surface area (Å²) in [4.78, 5) is 25.9. The van der Waals surface area contributed by atoms with Gasteiger partial charge >= 0.3 is 0 Å². The Morgan fingerprint density at radius 1 is 1.07 bits per heavy atom. The van der Waals surface area contributed by atoms with Crippen LogP contribution >= 0.6 is 23.2 Å². The number of ketones is 1. The summed E-state index contributed by atoms with van der Waals surface area (Å²) in [5.41, 5.74) is 0.633. The molecule has 29 heavy (non-hydrogen) atoms. The number of carbonyl (C=O) groups excluding carboxylic acids is 2. The molecule has 0 aromatic heterocycles. The van der Waals surface area contributed by atoms with Crippen LogP contribution in [-0.4, -0.2) is 17.9 Å². The zero-order valence-electron chi connectivity index (χ0n) is 16.0. The minimum atomic E-state index is -1.01. The van der Waals surface area contributed by atoms with Crippen molar-refractivity contribution >= 4 is 40.6 Å². The van der Waals surface area contributed by atoms with Gasteiger partial charge in [-0.05, 0) is 41.7 Å². The van der Waals surface area contributed by atoms with E-state index in [4.69, 9.17) is 23.2 Å². The molecule has 0 radical (unpaired) electrons. The first-order chi connectivity index (χ1) is 13.7. The molecule has 2 aromatic carbocycles. The van der Waals surface area contributed by atoms with Crippen LogP contribution in [0, 0.1) is 23.1 Å². The lowest BCUT2D eigenvalue weighted by Crippen LogP contribution is -2.47. The number of carbonyl (C=O) groups is 2. The van der Waals surface area contributed by atoms with Crippen LogP contribution in [0.25, 0.3) is 0 Å². The van der Waals surface area contributed by atoms with Gasteiger partial charge in [0, 0.05) is 11.3 Å². The van der Waals surface area contributed by atoms with Crippen LogP contribution in [0.4, 0.5) is 10.1 Å². The molecule has 3 atom stereocenters. The molecule has 7 heteroatoms. The highest BCUT2D eigenvalue weighted by molar-refractivity contribution is 6.55. The molecule has 1 aliphatic rings. The maximum absolute atomic E-state index is 13.2. The van der Waals surface area contributed by atoms with Crippen molar-refractivity contribution in [2.45, 2.75) is 20.0 Å². The Morgan fingerprint density at radius 3 is 2.28 bits per heavy atom. The van der Waals surface area contributed by atoms with E-state index >= 15 is 0 Å². The van der Waals surface area contributed by atoms with Crippen molar-refractivity contribution in [3.05, 3.63) is 76.5 Å². The van der Waals surface area contributed by atoms with E-state index in [-0.39, 0.29) is 33.4 Å². The van der Waals surface area contributed by atoms with E-state index in [9.17, 15) is 14.0 Å². The lowest BCUT2D eigenvalue weighted by molar-refractivity contribution is -0.123. The first kappa shape index (κ1) is 21.3. The maximum Gasteiger partial charge on any atom is 0.226 e. The van der Waals surface area contributed by atoms with Gasteiger partial charge in [-0.1, -0.05) is 67.4 Å². The SMILES string of the molecule is CC1(C)[C@H](C=C(Cl)Cl)[C@H]1C(=O)N[C@@H](Nc1ccc(F)cc1)C(=O)c1ccccc1. The van der Waals surface area contributed by atoms with Crippen molar-refractivity contribution < 1.29 is 14.0 Å². The smallest absolute Gasteiger partial charge is 0.226 e. The molecule has 1 saturated carbocycles. The monoisotopic (exact) mass is 434 g/mol. The topological polar surface area (TPSA) is 58.2 Å². The third-order valence-electron chi connectivity index (χ3n) is 5.26. The molecule has 2 N–H and O–H groups in total. The number of anilines is 1. The van der Waals surface area contributed by atoms with Crippen LogP contribution in [0.15, 0.2) is 65.2 Å². The minimum Gasteiger partial charge on any atom is -0.359 e. The predicted molar refractivity (Wildman–Crippen MR) is 113 cm³/mol. The largest absolute Gasteiger partial charge is 0.359 e. The first-order valence-corrected chi connectivity index (χ1v) is 9.90. The number of benzene rings is 2. The Kier molecular flexibility index (Phi) is 6.30. The fraction of sp³-hybridized carbons (Fsp3) is 0.273. The van der Waals surface area contributed by atoms with E-state index in [1.807, 2.05) is 13.8 Å². The summed E-state index contributed by atoms with van der Waals surface area (Å²) in [6.07, 6.45) is 0.636. The van der Waals surface area contributed by atoms with Crippen LogP contribution in [0.2, 0.25) is 0 Å². The third kappa shape index (κ3) is 4.98. The van der Waals surface area contributed by atoms with E-state index in [1.165, 1.54) is 24.3 Å². The molecular formula is C22H21Cl2FN2O2. The highest BCUT2D eigenvalue weighted by atomic mass is 35.5. The number of allylic oxidation sites excluding steroid dienone is 1. The van der Waals surface area contributed by atoms with Gasteiger partial charge < -0.3 is 10.6 Å². The number of nitrogens with one attached hydrogen (secondary N) is 2. The van der Waals surface area contributed by atoms with Gasteiger partial charge in [0.25, 0.3) is 0 Å². The summed E-state index contributed by atoms with van der Waals surface area (Å²) >= 11 is 11.5. The number of hydrogen-bond acceptors (Lipinski definition) is 3. The summed E-state index contributed by atoms with van der Waals surface area (Å²) in [6, 6.07) is 14.2. The van der Waals surface area contributed by atoms with Gasteiger partial charge in [-0.3, -0.25) is 9.59 Å². The lowest BCUT2D eigenvalue weighted by atomic mass is 10.1. The molecule has 1 aliphatic carbocycles. The molecule has 0 spiro atoms. The fourth-order valence-corrected chi connectivity index (χ4v) is 3.78. The summed E-state index contributed by atoms with van der Waals surface area (Å²) in [5, 5.41) is 5.78. The number of hydrogen-bond donors (Lipinski definition) is 2. The minimum absolute atomic E-state index is 0.111. The van der Waals surface area contributed by atoms with Gasteiger partial charge in [0.15, 0.2) is 6.17 Å². The lowest BCUT2D eigenvalue weighted by Gasteiger charge is -2.21. The molecule has 4 nitrogen and oxygen atoms in total. The maximum atomic E-state index is 13.2. The first-order valence-electron chi connectivity index (χ1n) is 9.14. The second-order valence-electron chi connectivity index (χ2n) is 7.60. The van der Waals surface area contributed by atoms with Crippen LogP contribution in [0.3, 0.4) is 0 Å². The normalized spacial score (nSPS) is 20.3. The molecular weight excluding hydrogens is 414 g/mol. The van der Waals surface area contributed by atoms with Gasteiger partial charge in [-0.15, -0.1) is 0 Å². The third-order valence-corrected chi connectivity index (χ3v) is 5.51. The van der Waals surface area contributed by atoms with Gasteiger partial charge in [0.05, 0.1) is 5.92 Å². The number of amides is 1. The van der Waals surface area contributed by atoms with Gasteiger partial charge in [-0.2, -0.15) is 0 Å². The van der Waals surface area contributed by atoms with E-state index in [0.29, 0.717) is 11.3 Å². The Morgan fingerprint density at radius 2 is 1.69 bits per heavy atom. The second kappa shape index (κ2) is 8.56. The van der Waals surface area contributed by atoms with Crippen LogP contribution in [0.1, 0.15) is 24.2 Å². The van der Waals surface area contributed by atoms with Crippen molar-refractivity contribution in [1.29, 1.82) is 0 Å². The summed E-state index contributed by atoms with van der Waals surface area (Å²) in [6.45, 7) is 3.88. The Labute approximate surface area is 179 Å². The van der Waals surface area contributed by atoms with E-state index in [2.05, 4.69) is 10.6 Å². The number of rotatable bonds is 7. The molecule has 0 heterocycles. The molecule has 0 unspecified atom stereocenters. The van der Waals surface area contributed by atoms with Crippen molar-refractivity contribution in [1.82, 2.24) is 5.32 Å². The number of Topliss-reactive ketones (excluding diaryl/α,β-unsaturated/α-hetero) is 1. The fourth-order valence-electron chi connectivity index (χ4n) is 3.51. The van der Waals surface area contributed by atoms with Crippen molar-refractivity contribution in [2.75, 3.05) is 5.32 Å². The van der Waals surface area contributed by atoms with Crippen molar-refractivity contribution in [3.63, 3.8) is 0 Å². The summed E-state index contributed by atoms with van der Waals surface area (Å²) in [5.74, 6) is -1.46. The Hall–Kier alpha value is -2.37. The Balaban J connectivity index is 1.81. The van der Waals surface area contributed by atoms with Crippen molar-refractivity contribution in [3.8, 4) is 0 Å². The highest BCUT2D eigenvalue weighted by Crippen LogP contribution is 2.59. The molecule has 152 valence electrons. The molecule has 2 aromatic rings. The molecule has 1 fully saturated rings. The summed E-state index contributed by atoms with van der Waals surface area (Å²) in [7, 11) is 0. The zero-order valence-corrected chi connectivity index (χ0v) is 17.5. The predicted octanol–water partition coefficient (Wildman–Crippen LogP) is 5.15. The van der Waals surface area contributed by atoms with E-state index in [0.717, 1.165) is 0 Å². The van der Waals surface area contributed by atoms with Crippen LogP contribution in [0.5, 0.6) is 0 Å². The zero-order chi connectivity index (χ0) is 21.2. The van der Waals surface area contributed by atoms with E-state index in [1.54, 1.807) is 36.4 Å². The summed E-state index contributed by atoms with van der Waals surface area (Å²) < 4.78 is 13.3. The van der Waals surface area contributed by atoms with Gasteiger partial charge in [0.1, 0.15) is 10.3 Å². The average Bonchev–Trinajstić information content (AvgIpc) is 3.22. The van der Waals surface area contributed by atoms with Crippen molar-refractivity contribution in [2.24, 2.45) is 17.3 Å². The quantitative estimate of drug-likeness (QED) is 0.467.